The Bertz CT molecular complexity index is 1610. The molecule has 0 radical (unpaired) electrons. The molecule has 0 aliphatic carbocycles. The Morgan fingerprint density at radius 1 is 0.532 bits per heavy atom. The molecule has 4 aromatic rings. The first-order valence-corrected chi connectivity index (χ1v) is 17.1. The maximum absolute atomic E-state index is 13.8. The van der Waals surface area contributed by atoms with Gasteiger partial charge in [0.05, 0.1) is 0 Å². The van der Waals surface area contributed by atoms with E-state index in [-0.39, 0.29) is 36.7 Å². The molecule has 2 aliphatic heterocycles. The fourth-order valence-corrected chi connectivity index (χ4v) is 7.14. The summed E-state index contributed by atoms with van der Waals surface area (Å²) in [6.45, 7) is 7.12. The van der Waals surface area contributed by atoms with Crippen molar-refractivity contribution in [3.05, 3.63) is 95.1 Å². The van der Waals surface area contributed by atoms with E-state index in [1.165, 1.54) is 9.80 Å². The molecule has 0 unspecified atom stereocenters. The Hall–Kier alpha value is -4.40. The minimum Gasteiger partial charge on any atom is -0.317 e. The van der Waals surface area contributed by atoms with E-state index < -0.39 is 5.54 Å². The van der Waals surface area contributed by atoms with Gasteiger partial charge in [0.1, 0.15) is 0 Å². The van der Waals surface area contributed by atoms with Gasteiger partial charge in [0.2, 0.25) is 0 Å². The highest BCUT2D eigenvalue weighted by Gasteiger charge is 2.38. The molecular weight excluding hydrogens is 588 g/mol. The van der Waals surface area contributed by atoms with Gasteiger partial charge in [-0.3, -0.25) is 29.0 Å². The minimum atomic E-state index is -0.540. The Morgan fingerprint density at radius 3 is 1.34 bits per heavy atom. The molecule has 2 aliphatic rings. The van der Waals surface area contributed by atoms with Crippen LogP contribution in [-0.2, 0) is 0 Å². The largest absolute Gasteiger partial charge is 0.317 e. The van der Waals surface area contributed by atoms with Gasteiger partial charge in [-0.05, 0) is 86.8 Å². The Balaban J connectivity index is 1.28. The number of carbonyl (C=O) groups is 4. The molecule has 0 saturated carbocycles. The quantitative estimate of drug-likeness (QED) is 0.107. The highest BCUT2D eigenvalue weighted by Crippen LogP contribution is 2.33. The third kappa shape index (κ3) is 6.32. The second-order valence-electron chi connectivity index (χ2n) is 12.9. The maximum atomic E-state index is 13.8. The zero-order chi connectivity index (χ0) is 33.0. The van der Waals surface area contributed by atoms with E-state index >= 15 is 0 Å². The van der Waals surface area contributed by atoms with Crippen molar-refractivity contribution in [2.75, 3.05) is 32.7 Å². The Morgan fingerprint density at radius 2 is 0.936 bits per heavy atom. The monoisotopic (exact) mass is 632 g/mol. The van der Waals surface area contributed by atoms with Crippen LogP contribution in [0.1, 0.15) is 100 Å². The molecule has 8 nitrogen and oxygen atoms in total. The topological polar surface area (TPSA) is 98.8 Å². The first kappa shape index (κ1) is 32.5. The van der Waals surface area contributed by atoms with Gasteiger partial charge < -0.3 is 10.6 Å². The number of nitrogens with zero attached hydrogens (tertiary/aromatic N) is 2. The number of rotatable bonds is 16. The summed E-state index contributed by atoms with van der Waals surface area (Å²) in [7, 11) is 0. The zero-order valence-corrected chi connectivity index (χ0v) is 27.4. The summed E-state index contributed by atoms with van der Waals surface area (Å²) in [6.07, 6.45) is 5.82. The average molecular weight is 633 g/mol. The summed E-state index contributed by atoms with van der Waals surface area (Å²) >= 11 is 0. The fourth-order valence-electron chi connectivity index (χ4n) is 7.14. The van der Waals surface area contributed by atoms with Crippen molar-refractivity contribution in [3.8, 4) is 0 Å². The lowest BCUT2D eigenvalue weighted by Gasteiger charge is -2.39. The van der Waals surface area contributed by atoms with E-state index in [0.717, 1.165) is 56.1 Å². The highest BCUT2D eigenvalue weighted by atomic mass is 16.2. The van der Waals surface area contributed by atoms with E-state index in [9.17, 15) is 19.2 Å². The van der Waals surface area contributed by atoms with Crippen molar-refractivity contribution in [1.29, 1.82) is 0 Å². The molecule has 0 bridgehead atoms. The molecule has 47 heavy (non-hydrogen) atoms. The molecule has 0 saturated heterocycles. The van der Waals surface area contributed by atoms with Crippen LogP contribution >= 0.6 is 0 Å². The van der Waals surface area contributed by atoms with Crippen LogP contribution in [0.25, 0.3) is 21.5 Å². The SMILES string of the molecule is CCCCNCCC(CCN1C(=O)c2cccc3cccc(c23)C1=O)(CCN1C(=O)c2cccc3cccc(c23)C1=O)NCCCC. The van der Waals surface area contributed by atoms with E-state index in [2.05, 4.69) is 24.5 Å². The predicted molar refractivity (Wildman–Crippen MR) is 186 cm³/mol. The maximum Gasteiger partial charge on any atom is 0.261 e. The zero-order valence-electron chi connectivity index (χ0n) is 27.4. The molecule has 4 amide bonds. The van der Waals surface area contributed by atoms with Gasteiger partial charge in [-0.1, -0.05) is 75.2 Å². The van der Waals surface area contributed by atoms with Crippen LogP contribution in [0, 0.1) is 0 Å². The van der Waals surface area contributed by atoms with E-state index in [0.29, 0.717) is 52.3 Å². The molecule has 0 spiro atoms. The van der Waals surface area contributed by atoms with Crippen molar-refractivity contribution in [1.82, 2.24) is 20.4 Å². The van der Waals surface area contributed by atoms with Crippen molar-refractivity contribution >= 4 is 45.2 Å². The number of hydrogen-bond donors (Lipinski definition) is 2. The van der Waals surface area contributed by atoms with Crippen molar-refractivity contribution in [2.45, 2.75) is 64.3 Å². The molecule has 8 heteroatoms. The molecule has 6 rings (SSSR count). The summed E-state index contributed by atoms with van der Waals surface area (Å²) in [4.78, 5) is 57.9. The second-order valence-corrected chi connectivity index (χ2v) is 12.9. The van der Waals surface area contributed by atoms with Crippen LogP contribution < -0.4 is 10.6 Å². The van der Waals surface area contributed by atoms with Crippen LogP contribution in [-0.4, -0.2) is 71.7 Å². The highest BCUT2D eigenvalue weighted by molar-refractivity contribution is 6.26. The van der Waals surface area contributed by atoms with E-state index in [1.54, 1.807) is 24.3 Å². The second kappa shape index (κ2) is 14.2. The van der Waals surface area contributed by atoms with Gasteiger partial charge in [0, 0.05) is 51.7 Å². The lowest BCUT2D eigenvalue weighted by molar-refractivity contribution is 0.0577. The predicted octanol–water partition coefficient (Wildman–Crippen LogP) is 6.57. The summed E-state index contributed by atoms with van der Waals surface area (Å²) in [5, 5.41) is 10.5. The first-order chi connectivity index (χ1) is 22.9. The van der Waals surface area contributed by atoms with Gasteiger partial charge >= 0.3 is 0 Å². The number of unbranched alkanes of at least 4 members (excludes halogenated alkanes) is 2. The van der Waals surface area contributed by atoms with Crippen molar-refractivity contribution in [3.63, 3.8) is 0 Å². The lowest BCUT2D eigenvalue weighted by atomic mass is 9.85. The summed E-state index contributed by atoms with van der Waals surface area (Å²) < 4.78 is 0. The molecule has 0 atom stereocenters. The number of imide groups is 2. The van der Waals surface area contributed by atoms with E-state index in [1.807, 2.05) is 48.5 Å². The van der Waals surface area contributed by atoms with Crippen LogP contribution in [0.15, 0.2) is 72.8 Å². The third-order valence-electron chi connectivity index (χ3n) is 9.86. The van der Waals surface area contributed by atoms with Gasteiger partial charge in [-0.15, -0.1) is 0 Å². The number of nitrogens with one attached hydrogen (secondary N) is 2. The standard InChI is InChI=1S/C39H44N4O4/c1-3-5-22-40-24-19-39(41-23-6-4-2,20-25-42-35(44)29-15-7-11-27-12-8-16-30(33(27)29)36(42)45)21-26-43-37(46)31-17-9-13-28-14-10-18-32(34(28)31)38(43)47/h7-18,40-41H,3-6,19-26H2,1-2H3. The van der Waals surface area contributed by atoms with E-state index in [4.69, 9.17) is 0 Å². The van der Waals surface area contributed by atoms with Gasteiger partial charge in [-0.2, -0.15) is 0 Å². The smallest absolute Gasteiger partial charge is 0.261 e. The molecule has 244 valence electrons. The molecule has 2 heterocycles. The van der Waals surface area contributed by atoms with Gasteiger partial charge in [-0.25, -0.2) is 0 Å². The Kier molecular flexibility index (Phi) is 9.80. The van der Waals surface area contributed by atoms with Crippen molar-refractivity contribution in [2.24, 2.45) is 0 Å². The molecule has 0 aromatic heterocycles. The Labute approximate surface area is 276 Å². The molecular formula is C39H44N4O4. The molecule has 2 N–H and O–H groups in total. The third-order valence-corrected chi connectivity index (χ3v) is 9.86. The average Bonchev–Trinajstić information content (AvgIpc) is 3.09. The molecule has 4 aromatic carbocycles. The summed E-state index contributed by atoms with van der Waals surface area (Å²) in [5.41, 5.74) is 1.63. The van der Waals surface area contributed by atoms with Crippen LogP contribution in [0.5, 0.6) is 0 Å². The number of benzene rings is 4. The first-order valence-electron chi connectivity index (χ1n) is 17.1. The number of hydrogen-bond acceptors (Lipinski definition) is 6. The lowest BCUT2D eigenvalue weighted by Crippen LogP contribution is -2.53. The van der Waals surface area contributed by atoms with Gasteiger partial charge in [0.25, 0.3) is 23.6 Å². The molecule has 0 fully saturated rings. The number of carbonyl (C=O) groups excluding carboxylic acids is 4. The fraction of sp³-hybridized carbons (Fsp3) is 0.385. The minimum absolute atomic E-state index is 0.223. The van der Waals surface area contributed by atoms with Crippen LogP contribution in [0.2, 0.25) is 0 Å². The number of amides is 4. The van der Waals surface area contributed by atoms with Crippen LogP contribution in [0.3, 0.4) is 0 Å². The summed E-state index contributed by atoms with van der Waals surface area (Å²) in [5.74, 6) is -1.13. The summed E-state index contributed by atoms with van der Waals surface area (Å²) in [6, 6.07) is 22.3. The van der Waals surface area contributed by atoms with Crippen LogP contribution in [0.4, 0.5) is 0 Å². The normalized spacial score (nSPS) is 14.6. The van der Waals surface area contributed by atoms with Crippen molar-refractivity contribution < 1.29 is 19.2 Å². The van der Waals surface area contributed by atoms with Gasteiger partial charge in [0.15, 0.2) is 0 Å².